The van der Waals surface area contributed by atoms with Crippen molar-refractivity contribution in [3.05, 3.63) is 42.3 Å². The molecule has 0 N–H and O–H groups in total. The first-order valence-electron chi connectivity index (χ1n) is 4.67. The fraction of sp³-hybridized carbons (Fsp3) is 0.417. The zero-order valence-corrected chi connectivity index (χ0v) is 8.96. The number of hydrogen-bond donors (Lipinski definition) is 0. The second-order valence-electron chi connectivity index (χ2n) is 3.59. The van der Waals surface area contributed by atoms with Gasteiger partial charge in [-0.25, -0.2) is 0 Å². The summed E-state index contributed by atoms with van der Waals surface area (Å²) in [5.41, 5.74) is 1.35. The van der Waals surface area contributed by atoms with E-state index in [0.717, 1.165) is 5.92 Å². The number of hydrogen-bond acceptors (Lipinski definition) is 0. The van der Waals surface area contributed by atoms with Crippen LogP contribution in [-0.2, 0) is 0 Å². The van der Waals surface area contributed by atoms with Crippen molar-refractivity contribution in [2.24, 2.45) is 5.92 Å². The van der Waals surface area contributed by atoms with Crippen molar-refractivity contribution in [3.63, 3.8) is 0 Å². The van der Waals surface area contributed by atoms with E-state index in [1.165, 1.54) is 18.4 Å². The molecule has 0 saturated carbocycles. The molecular formula is C12H17Li. The smallest absolute Gasteiger partial charge is 0.192 e. The normalized spacial score (nSPS) is 9.46. The van der Waals surface area contributed by atoms with E-state index in [4.69, 9.17) is 0 Å². The van der Waals surface area contributed by atoms with Gasteiger partial charge in [0.25, 0.3) is 0 Å². The molecule has 66 valence electrons. The number of benzene rings is 1. The molecule has 0 saturated heterocycles. The molecule has 1 rings (SSSR count). The molecule has 0 spiro atoms. The van der Waals surface area contributed by atoms with E-state index in [0.29, 0.717) is 0 Å². The SMILES string of the molecule is CC(C)CC[CH-]c1ccccc1.[Li+]. The Morgan fingerprint density at radius 3 is 2.31 bits per heavy atom. The van der Waals surface area contributed by atoms with Crippen LogP contribution in [0.5, 0.6) is 0 Å². The molecule has 13 heavy (non-hydrogen) atoms. The van der Waals surface area contributed by atoms with E-state index in [2.05, 4.69) is 50.6 Å². The Balaban J connectivity index is 0.00000144. The van der Waals surface area contributed by atoms with Gasteiger partial charge in [0.05, 0.1) is 0 Å². The van der Waals surface area contributed by atoms with Crippen molar-refractivity contribution in [2.75, 3.05) is 0 Å². The molecule has 0 aliphatic heterocycles. The van der Waals surface area contributed by atoms with E-state index in [9.17, 15) is 0 Å². The summed E-state index contributed by atoms with van der Waals surface area (Å²) in [7, 11) is 0. The van der Waals surface area contributed by atoms with Crippen molar-refractivity contribution in [3.8, 4) is 0 Å². The van der Waals surface area contributed by atoms with Crippen molar-refractivity contribution in [1.29, 1.82) is 0 Å². The molecular weight excluding hydrogens is 151 g/mol. The average molecular weight is 168 g/mol. The fourth-order valence-corrected chi connectivity index (χ4v) is 1.17. The Hall–Kier alpha value is -0.313. The third-order valence-electron chi connectivity index (χ3n) is 1.92. The van der Waals surface area contributed by atoms with Crippen LogP contribution in [0.25, 0.3) is 0 Å². The van der Waals surface area contributed by atoms with E-state index in [-0.39, 0.29) is 18.9 Å². The molecule has 0 heterocycles. The van der Waals surface area contributed by atoms with Crippen LogP contribution in [0.3, 0.4) is 0 Å². The van der Waals surface area contributed by atoms with Crippen LogP contribution in [0.2, 0.25) is 0 Å². The minimum atomic E-state index is 0. The molecule has 0 radical (unpaired) electrons. The summed E-state index contributed by atoms with van der Waals surface area (Å²) in [6.07, 6.45) is 4.79. The van der Waals surface area contributed by atoms with Gasteiger partial charge >= 0.3 is 18.9 Å². The second-order valence-corrected chi connectivity index (χ2v) is 3.59. The van der Waals surface area contributed by atoms with Crippen LogP contribution in [-0.4, -0.2) is 0 Å². The Kier molecular flexibility index (Phi) is 6.95. The summed E-state index contributed by atoms with van der Waals surface area (Å²) in [5, 5.41) is 0. The molecule has 0 atom stereocenters. The van der Waals surface area contributed by atoms with Crippen LogP contribution in [0.15, 0.2) is 30.3 Å². The molecule has 0 aliphatic carbocycles. The van der Waals surface area contributed by atoms with E-state index < -0.39 is 0 Å². The van der Waals surface area contributed by atoms with Gasteiger partial charge in [0.2, 0.25) is 0 Å². The minimum absolute atomic E-state index is 0. The molecule has 0 unspecified atom stereocenters. The fourth-order valence-electron chi connectivity index (χ4n) is 1.17. The predicted octanol–water partition coefficient (Wildman–Crippen LogP) is 0.679. The first kappa shape index (κ1) is 12.7. The zero-order chi connectivity index (χ0) is 8.81. The van der Waals surface area contributed by atoms with Crippen LogP contribution in [0.4, 0.5) is 0 Å². The first-order chi connectivity index (χ1) is 5.79. The average Bonchev–Trinajstić information content (AvgIpc) is 2.05. The van der Waals surface area contributed by atoms with Gasteiger partial charge in [-0.2, -0.15) is 24.1 Å². The third kappa shape index (κ3) is 5.85. The summed E-state index contributed by atoms with van der Waals surface area (Å²) in [6, 6.07) is 10.5. The quantitative estimate of drug-likeness (QED) is 0.458. The van der Waals surface area contributed by atoms with Gasteiger partial charge in [-0.3, -0.25) is 0 Å². The first-order valence-corrected chi connectivity index (χ1v) is 4.67. The molecule has 0 bridgehead atoms. The van der Waals surface area contributed by atoms with Gasteiger partial charge in [-0.1, -0.05) is 32.8 Å². The van der Waals surface area contributed by atoms with Crippen LogP contribution >= 0.6 is 0 Å². The van der Waals surface area contributed by atoms with Crippen LogP contribution in [0.1, 0.15) is 32.3 Å². The molecule has 0 fully saturated rings. The van der Waals surface area contributed by atoms with Gasteiger partial charge in [0, 0.05) is 0 Å². The molecule has 1 aromatic rings. The standard InChI is InChI=1S/C12H17.Li/c1-11(2)7-6-10-12-8-4-3-5-9-12;/h3-5,8-11H,6-7H2,1-2H3;/q-1;+1. The Morgan fingerprint density at radius 2 is 1.77 bits per heavy atom. The molecule has 0 nitrogen and oxygen atoms in total. The van der Waals surface area contributed by atoms with Gasteiger partial charge in [0.15, 0.2) is 0 Å². The Morgan fingerprint density at radius 1 is 1.15 bits per heavy atom. The maximum absolute atomic E-state index is 2.31. The van der Waals surface area contributed by atoms with Gasteiger partial charge in [0.1, 0.15) is 0 Å². The second kappa shape index (κ2) is 7.13. The summed E-state index contributed by atoms with van der Waals surface area (Å²) in [6.45, 7) is 4.53. The van der Waals surface area contributed by atoms with E-state index in [1.54, 1.807) is 0 Å². The summed E-state index contributed by atoms with van der Waals surface area (Å²) < 4.78 is 0. The minimum Gasteiger partial charge on any atom is -0.192 e. The topological polar surface area (TPSA) is 0 Å². The molecule has 0 amide bonds. The summed E-state index contributed by atoms with van der Waals surface area (Å²) in [5.74, 6) is 0.810. The van der Waals surface area contributed by atoms with Crippen molar-refractivity contribution in [1.82, 2.24) is 0 Å². The monoisotopic (exact) mass is 168 g/mol. The van der Waals surface area contributed by atoms with E-state index >= 15 is 0 Å². The Bertz CT molecular complexity index is 204. The summed E-state index contributed by atoms with van der Waals surface area (Å²) >= 11 is 0. The van der Waals surface area contributed by atoms with Gasteiger partial charge in [-0.05, 0) is 5.92 Å². The third-order valence-corrected chi connectivity index (χ3v) is 1.92. The molecule has 0 aliphatic rings. The molecule has 1 aromatic carbocycles. The Labute approximate surface area is 93.9 Å². The maximum atomic E-state index is 2.31. The van der Waals surface area contributed by atoms with Gasteiger partial charge in [-0.15, -0.1) is 12.1 Å². The van der Waals surface area contributed by atoms with Crippen molar-refractivity contribution in [2.45, 2.75) is 26.7 Å². The zero-order valence-electron chi connectivity index (χ0n) is 8.96. The van der Waals surface area contributed by atoms with Crippen molar-refractivity contribution < 1.29 is 18.9 Å². The van der Waals surface area contributed by atoms with Gasteiger partial charge < -0.3 is 0 Å². The molecule has 1 heteroatoms. The van der Waals surface area contributed by atoms with Crippen molar-refractivity contribution >= 4 is 0 Å². The predicted molar refractivity (Wildman–Crippen MR) is 53.9 cm³/mol. The van der Waals surface area contributed by atoms with Crippen LogP contribution in [0, 0.1) is 12.3 Å². The maximum Gasteiger partial charge on any atom is 1.00 e. The largest absolute Gasteiger partial charge is 1.00 e. The number of rotatable bonds is 4. The van der Waals surface area contributed by atoms with Crippen LogP contribution < -0.4 is 18.9 Å². The summed E-state index contributed by atoms with van der Waals surface area (Å²) in [4.78, 5) is 0. The molecule has 0 aromatic heterocycles. The van der Waals surface area contributed by atoms with E-state index in [1.807, 2.05) is 0 Å².